The summed E-state index contributed by atoms with van der Waals surface area (Å²) >= 11 is 0. The van der Waals surface area contributed by atoms with Gasteiger partial charge < -0.3 is 20.4 Å². The minimum Gasteiger partial charge on any atom is -0.480 e. The van der Waals surface area contributed by atoms with Gasteiger partial charge in [0.1, 0.15) is 0 Å². The van der Waals surface area contributed by atoms with Crippen molar-refractivity contribution in [3.63, 3.8) is 0 Å². The number of benzene rings is 1. The van der Waals surface area contributed by atoms with E-state index in [2.05, 4.69) is 0 Å². The number of carbonyl (C=O) groups is 3. The molecule has 0 aromatic heterocycles. The number of carboxylic acids is 3. The normalized spacial score (nSPS) is 18.2. The van der Waals surface area contributed by atoms with Crippen LogP contribution in [-0.4, -0.2) is 172 Å². The van der Waals surface area contributed by atoms with Gasteiger partial charge in [-0.2, -0.15) is 0 Å². The zero-order chi connectivity index (χ0) is 30.9. The van der Waals surface area contributed by atoms with Crippen molar-refractivity contribution < 1.29 is 48.8 Å². The molecule has 1 saturated heterocycles. The molecule has 1 aliphatic rings. The third kappa shape index (κ3) is 16.2. The number of aliphatic carboxylic acids is 3. The Hall–Kier alpha value is -2.59. The standard InChI is InChI=1S/C26H42N5O10P/c32-23(17-31(20-26(37)38)7-6-22-4-2-1-3-5-22)16-27-8-10-28(18-24(33)34)12-14-30(21-41-42(39)40)15-13-29(11-9-27)19-25(35)36/h1-5,23,32H,6-21H2,(H3-,33,34,35,36,37,38,39,40)/p+1. The van der Waals surface area contributed by atoms with Crippen LogP contribution in [0.1, 0.15) is 5.56 Å². The number of rotatable bonds is 16. The second-order valence-corrected chi connectivity index (χ2v) is 11.0. The summed E-state index contributed by atoms with van der Waals surface area (Å²) in [5.74, 6) is -3.02. The molecule has 2 unspecified atom stereocenters. The molecule has 16 heteroatoms. The fourth-order valence-corrected chi connectivity index (χ4v) is 4.99. The molecule has 1 heterocycles. The summed E-state index contributed by atoms with van der Waals surface area (Å²) in [5.41, 5.74) is 1.05. The van der Waals surface area contributed by atoms with E-state index in [4.69, 9.17) is 9.42 Å². The Balaban J connectivity index is 2.10. The average Bonchev–Trinajstić information content (AvgIpc) is 2.90. The number of carboxylic acid groups (broad SMARTS) is 3. The SMILES string of the molecule is O=C(O)CN1CCN(CO[P+](=O)O)CCN(CC(=O)O)CCN(CC(O)CN(CCc2ccccc2)CC(=O)O)CC1. The summed E-state index contributed by atoms with van der Waals surface area (Å²) in [6.07, 6.45) is -0.280. The Kier molecular flexibility index (Phi) is 16.6. The first-order valence-corrected chi connectivity index (χ1v) is 14.9. The molecule has 0 spiro atoms. The Bertz CT molecular complexity index is 959. The van der Waals surface area contributed by atoms with Crippen LogP contribution in [0.25, 0.3) is 0 Å². The van der Waals surface area contributed by atoms with Crippen LogP contribution >= 0.6 is 8.25 Å². The first kappa shape index (κ1) is 35.6. The van der Waals surface area contributed by atoms with Gasteiger partial charge in [0.2, 0.25) is 0 Å². The van der Waals surface area contributed by atoms with Gasteiger partial charge in [-0.25, -0.2) is 0 Å². The van der Waals surface area contributed by atoms with E-state index in [1.165, 1.54) is 0 Å². The highest BCUT2D eigenvalue weighted by molar-refractivity contribution is 7.32. The number of aliphatic hydroxyl groups is 1. The van der Waals surface area contributed by atoms with Crippen LogP contribution < -0.4 is 0 Å². The predicted octanol–water partition coefficient (Wildman–Crippen LogP) is -1.01. The van der Waals surface area contributed by atoms with Crippen LogP contribution in [-0.2, 0) is 29.9 Å². The van der Waals surface area contributed by atoms with Gasteiger partial charge in [-0.05, 0) is 12.0 Å². The number of hydrogen-bond donors (Lipinski definition) is 5. The molecule has 0 saturated carbocycles. The van der Waals surface area contributed by atoms with Crippen molar-refractivity contribution >= 4 is 26.2 Å². The number of nitrogens with zero attached hydrogens (tertiary/aromatic N) is 5. The largest absolute Gasteiger partial charge is 0.696 e. The lowest BCUT2D eigenvalue weighted by molar-refractivity contribution is -0.139. The molecule has 5 N–H and O–H groups in total. The van der Waals surface area contributed by atoms with Gasteiger partial charge >= 0.3 is 26.2 Å². The lowest BCUT2D eigenvalue weighted by Gasteiger charge is -2.34. The van der Waals surface area contributed by atoms with Crippen molar-refractivity contribution in [2.24, 2.45) is 0 Å². The molecule has 0 radical (unpaired) electrons. The molecular weight excluding hydrogens is 573 g/mol. The van der Waals surface area contributed by atoms with Gasteiger partial charge in [-0.1, -0.05) is 30.3 Å². The van der Waals surface area contributed by atoms with Crippen molar-refractivity contribution in [3.8, 4) is 0 Å². The van der Waals surface area contributed by atoms with Crippen LogP contribution in [0, 0.1) is 0 Å². The summed E-state index contributed by atoms with van der Waals surface area (Å²) in [6.45, 7) is 2.64. The Morgan fingerprint density at radius 3 is 1.79 bits per heavy atom. The number of aliphatic hydroxyl groups excluding tert-OH is 1. The van der Waals surface area contributed by atoms with Crippen LogP contribution in [0.2, 0.25) is 0 Å². The lowest BCUT2D eigenvalue weighted by atomic mass is 10.1. The molecule has 1 aromatic carbocycles. The zero-order valence-corrected chi connectivity index (χ0v) is 24.6. The number of hydrogen-bond acceptors (Lipinski definition) is 11. The minimum atomic E-state index is -2.83. The molecule has 236 valence electrons. The van der Waals surface area contributed by atoms with Crippen molar-refractivity contribution in [2.75, 3.05) is 98.4 Å². The Morgan fingerprint density at radius 2 is 1.31 bits per heavy atom. The predicted molar refractivity (Wildman–Crippen MR) is 152 cm³/mol. The Morgan fingerprint density at radius 1 is 0.810 bits per heavy atom. The van der Waals surface area contributed by atoms with E-state index in [9.17, 15) is 39.4 Å². The van der Waals surface area contributed by atoms with E-state index in [1.54, 1.807) is 19.6 Å². The Labute approximate surface area is 246 Å². The highest BCUT2D eigenvalue weighted by atomic mass is 31.1. The second-order valence-electron chi connectivity index (χ2n) is 10.3. The minimum absolute atomic E-state index is 0.120. The molecule has 1 fully saturated rings. The summed E-state index contributed by atoms with van der Waals surface area (Å²) in [5, 5.41) is 39.2. The van der Waals surface area contributed by atoms with Gasteiger partial charge in [0, 0.05) is 76.6 Å². The van der Waals surface area contributed by atoms with Gasteiger partial charge in [0.15, 0.2) is 6.73 Å². The molecule has 42 heavy (non-hydrogen) atoms. The van der Waals surface area contributed by atoms with Crippen LogP contribution in [0.5, 0.6) is 0 Å². The first-order valence-electron chi connectivity index (χ1n) is 13.8. The van der Waals surface area contributed by atoms with Crippen LogP contribution in [0.4, 0.5) is 0 Å². The van der Waals surface area contributed by atoms with Gasteiger partial charge in [-0.15, -0.1) is 9.42 Å². The summed E-state index contributed by atoms with van der Waals surface area (Å²) in [7, 11) is -2.83. The van der Waals surface area contributed by atoms with Crippen molar-refractivity contribution in [1.29, 1.82) is 0 Å². The van der Waals surface area contributed by atoms with Gasteiger partial charge in [0.25, 0.3) is 0 Å². The van der Waals surface area contributed by atoms with E-state index in [1.807, 2.05) is 35.2 Å². The first-order chi connectivity index (χ1) is 20.0. The maximum Gasteiger partial charge on any atom is 0.696 e. The average molecular weight is 617 g/mol. The molecule has 0 aliphatic carbocycles. The highest BCUT2D eigenvalue weighted by Crippen LogP contribution is 2.15. The topological polar surface area (TPSA) is 195 Å². The van der Waals surface area contributed by atoms with E-state index in [0.29, 0.717) is 65.3 Å². The van der Waals surface area contributed by atoms with Gasteiger partial charge in [-0.3, -0.25) is 38.9 Å². The monoisotopic (exact) mass is 616 g/mol. The number of β-amino-alcohol motifs (C(OH)–C–C–N with tert-alkyl or cyclic N) is 1. The second kappa shape index (κ2) is 19.6. The van der Waals surface area contributed by atoms with Crippen molar-refractivity contribution in [3.05, 3.63) is 35.9 Å². The van der Waals surface area contributed by atoms with E-state index in [0.717, 1.165) is 5.56 Å². The molecule has 1 aromatic rings. The maximum atomic E-state index is 11.5. The molecule has 15 nitrogen and oxygen atoms in total. The van der Waals surface area contributed by atoms with E-state index < -0.39 is 32.3 Å². The molecule has 0 amide bonds. The zero-order valence-electron chi connectivity index (χ0n) is 23.7. The van der Waals surface area contributed by atoms with E-state index in [-0.39, 0.29) is 39.5 Å². The van der Waals surface area contributed by atoms with Crippen LogP contribution in [0.3, 0.4) is 0 Å². The molecule has 0 bridgehead atoms. The fourth-order valence-electron chi connectivity index (χ4n) is 4.73. The lowest BCUT2D eigenvalue weighted by Crippen LogP contribution is -2.50. The summed E-state index contributed by atoms with van der Waals surface area (Å²) < 4.78 is 15.9. The molecule has 2 atom stereocenters. The third-order valence-corrected chi connectivity index (χ3v) is 7.19. The molecule has 1 aliphatic heterocycles. The van der Waals surface area contributed by atoms with Crippen LogP contribution in [0.15, 0.2) is 30.3 Å². The molecule has 2 rings (SSSR count). The quantitative estimate of drug-likeness (QED) is 0.142. The fraction of sp³-hybridized carbons (Fsp3) is 0.654. The summed E-state index contributed by atoms with van der Waals surface area (Å²) in [6, 6.07) is 9.63. The maximum absolute atomic E-state index is 11.5. The van der Waals surface area contributed by atoms with Crippen molar-refractivity contribution in [2.45, 2.75) is 12.5 Å². The third-order valence-electron chi connectivity index (χ3n) is 6.85. The van der Waals surface area contributed by atoms with Crippen molar-refractivity contribution in [1.82, 2.24) is 24.5 Å². The summed E-state index contributed by atoms with van der Waals surface area (Å²) in [4.78, 5) is 52.3. The smallest absolute Gasteiger partial charge is 0.480 e. The molecular formula is C26H43N5O10P+. The van der Waals surface area contributed by atoms with Gasteiger partial charge in [0.05, 0.1) is 25.7 Å². The highest BCUT2D eigenvalue weighted by Gasteiger charge is 2.23. The van der Waals surface area contributed by atoms with E-state index >= 15 is 0 Å².